The van der Waals surface area contributed by atoms with E-state index >= 15 is 0 Å². The number of amides is 1. The predicted molar refractivity (Wildman–Crippen MR) is 63.1 cm³/mol. The van der Waals surface area contributed by atoms with E-state index in [0.29, 0.717) is 5.75 Å². The number of rotatable bonds is 2. The Balaban J connectivity index is 1.98. The molecule has 2 aromatic rings. The van der Waals surface area contributed by atoms with Crippen molar-refractivity contribution in [1.29, 1.82) is 0 Å². The lowest BCUT2D eigenvalue weighted by Gasteiger charge is -2.05. The number of hydrogen-bond donors (Lipinski definition) is 1. The molecule has 0 atom stereocenters. The molecule has 1 heterocycles. The molecule has 1 aromatic carbocycles. The molecule has 0 radical (unpaired) electrons. The molecule has 1 aromatic heterocycles. The Labute approximate surface area is 102 Å². The van der Waals surface area contributed by atoms with Crippen LogP contribution in [0, 0.1) is 0 Å². The largest absolute Gasteiger partial charge is 0.418 e. The minimum atomic E-state index is -0.646. The first-order valence-corrected chi connectivity index (χ1v) is 5.13. The van der Waals surface area contributed by atoms with Gasteiger partial charge in [0.2, 0.25) is 0 Å². The summed E-state index contributed by atoms with van der Waals surface area (Å²) in [5.41, 5.74) is 0. The summed E-state index contributed by atoms with van der Waals surface area (Å²) in [6.45, 7) is 0. The molecule has 0 aliphatic rings. The lowest BCUT2D eigenvalue weighted by Crippen LogP contribution is -2.17. The van der Waals surface area contributed by atoms with E-state index in [2.05, 4.69) is 15.3 Å². The van der Waals surface area contributed by atoms with Gasteiger partial charge in [-0.25, -0.2) is 9.78 Å². The van der Waals surface area contributed by atoms with Crippen molar-refractivity contribution in [3.63, 3.8) is 0 Å². The smallest absolute Gasteiger partial charge is 0.410 e. The molecule has 1 amide bonds. The van der Waals surface area contributed by atoms with Crippen LogP contribution in [0.25, 0.3) is 0 Å². The average Bonchev–Trinajstić information content (AvgIpc) is 2.30. The van der Waals surface area contributed by atoms with Crippen LogP contribution in [-0.4, -0.2) is 16.1 Å². The van der Waals surface area contributed by atoms with Crippen LogP contribution >= 0.6 is 11.6 Å². The summed E-state index contributed by atoms with van der Waals surface area (Å²) in [5, 5.41) is 2.61. The van der Waals surface area contributed by atoms with Gasteiger partial charge in [-0.05, 0) is 12.1 Å². The molecule has 0 aliphatic carbocycles. The average molecular weight is 250 g/mol. The number of benzene rings is 1. The third kappa shape index (κ3) is 3.42. The Morgan fingerprint density at radius 1 is 1.24 bits per heavy atom. The standard InChI is InChI=1S/C11H8ClN3O2/c12-9-6-13-7-10(14-9)15-11(16)17-8-4-2-1-3-5-8/h1-7H,(H,14,15,16). The number of carbonyl (C=O) groups excluding carboxylic acids is 1. The van der Waals surface area contributed by atoms with Crippen LogP contribution in [0.15, 0.2) is 42.7 Å². The van der Waals surface area contributed by atoms with Gasteiger partial charge < -0.3 is 4.74 Å². The number of nitrogens with zero attached hydrogens (tertiary/aromatic N) is 2. The number of carbonyl (C=O) groups is 1. The lowest BCUT2D eigenvalue weighted by molar-refractivity contribution is 0.215. The molecule has 0 saturated heterocycles. The van der Waals surface area contributed by atoms with Crippen LogP contribution in [0.2, 0.25) is 5.15 Å². The molecule has 0 aliphatic heterocycles. The molecule has 0 unspecified atom stereocenters. The van der Waals surface area contributed by atoms with Crippen molar-refractivity contribution in [2.75, 3.05) is 5.32 Å². The summed E-state index contributed by atoms with van der Waals surface area (Å²) in [5.74, 6) is 0.679. The quantitative estimate of drug-likeness (QED) is 0.889. The predicted octanol–water partition coefficient (Wildman–Crippen LogP) is 2.74. The van der Waals surface area contributed by atoms with Gasteiger partial charge in [0, 0.05) is 0 Å². The topological polar surface area (TPSA) is 64.1 Å². The van der Waals surface area contributed by atoms with Crippen molar-refractivity contribution < 1.29 is 9.53 Å². The minimum absolute atomic E-state index is 0.197. The second-order valence-electron chi connectivity index (χ2n) is 3.05. The molecular formula is C11H8ClN3O2. The van der Waals surface area contributed by atoms with Gasteiger partial charge in [0.1, 0.15) is 10.9 Å². The van der Waals surface area contributed by atoms with Crippen LogP contribution in [0.4, 0.5) is 10.6 Å². The second kappa shape index (κ2) is 5.27. The van der Waals surface area contributed by atoms with E-state index in [1.54, 1.807) is 24.3 Å². The summed E-state index contributed by atoms with van der Waals surface area (Å²) in [7, 11) is 0. The summed E-state index contributed by atoms with van der Waals surface area (Å²) in [4.78, 5) is 19.1. The molecular weight excluding hydrogens is 242 g/mol. The third-order valence-electron chi connectivity index (χ3n) is 1.79. The van der Waals surface area contributed by atoms with Crippen molar-refractivity contribution in [1.82, 2.24) is 9.97 Å². The highest BCUT2D eigenvalue weighted by molar-refractivity contribution is 6.29. The van der Waals surface area contributed by atoms with Gasteiger partial charge in [-0.2, -0.15) is 0 Å². The molecule has 6 heteroatoms. The fourth-order valence-corrected chi connectivity index (χ4v) is 1.28. The van der Waals surface area contributed by atoms with E-state index in [0.717, 1.165) is 0 Å². The summed E-state index contributed by atoms with van der Waals surface area (Å²) in [6.07, 6.45) is 2.10. The van der Waals surface area contributed by atoms with Gasteiger partial charge in [0.05, 0.1) is 12.4 Å². The SMILES string of the molecule is O=C(Nc1cncc(Cl)n1)Oc1ccccc1. The maximum Gasteiger partial charge on any atom is 0.418 e. The molecule has 17 heavy (non-hydrogen) atoms. The molecule has 0 bridgehead atoms. The number of anilines is 1. The highest BCUT2D eigenvalue weighted by Gasteiger charge is 2.06. The summed E-state index contributed by atoms with van der Waals surface area (Å²) < 4.78 is 5.00. The first kappa shape index (κ1) is 11.3. The number of nitrogens with one attached hydrogen (secondary N) is 1. The van der Waals surface area contributed by atoms with Crippen molar-refractivity contribution in [3.8, 4) is 5.75 Å². The number of para-hydroxylation sites is 1. The van der Waals surface area contributed by atoms with E-state index in [1.165, 1.54) is 12.4 Å². The third-order valence-corrected chi connectivity index (χ3v) is 1.97. The van der Waals surface area contributed by atoms with Crippen molar-refractivity contribution in [2.24, 2.45) is 0 Å². The molecule has 1 N–H and O–H groups in total. The summed E-state index contributed by atoms with van der Waals surface area (Å²) >= 11 is 5.62. The van der Waals surface area contributed by atoms with Crippen LogP contribution in [0.3, 0.4) is 0 Å². The fraction of sp³-hybridized carbons (Fsp3) is 0. The van der Waals surface area contributed by atoms with Crippen LogP contribution < -0.4 is 10.1 Å². The summed E-state index contributed by atoms with van der Waals surface area (Å²) in [6, 6.07) is 8.70. The number of halogens is 1. The van der Waals surface area contributed by atoms with Gasteiger partial charge in [0.25, 0.3) is 0 Å². The minimum Gasteiger partial charge on any atom is -0.410 e. The fourth-order valence-electron chi connectivity index (χ4n) is 1.13. The maximum atomic E-state index is 11.4. The first-order chi connectivity index (χ1) is 8.24. The molecule has 86 valence electrons. The van der Waals surface area contributed by atoms with Gasteiger partial charge in [-0.1, -0.05) is 29.8 Å². The Morgan fingerprint density at radius 3 is 2.71 bits per heavy atom. The molecule has 0 spiro atoms. The molecule has 0 fully saturated rings. The van der Waals surface area contributed by atoms with Crippen molar-refractivity contribution in [3.05, 3.63) is 47.9 Å². The molecule has 0 saturated carbocycles. The highest BCUT2D eigenvalue weighted by atomic mass is 35.5. The number of ether oxygens (including phenoxy) is 1. The van der Waals surface area contributed by atoms with Gasteiger partial charge in [0.15, 0.2) is 5.82 Å². The van der Waals surface area contributed by atoms with Crippen molar-refractivity contribution in [2.45, 2.75) is 0 Å². The maximum absolute atomic E-state index is 11.4. The lowest BCUT2D eigenvalue weighted by atomic mass is 10.3. The highest BCUT2D eigenvalue weighted by Crippen LogP contribution is 2.11. The van der Waals surface area contributed by atoms with E-state index in [-0.39, 0.29) is 11.0 Å². The Morgan fingerprint density at radius 2 is 2.00 bits per heavy atom. The Kier molecular flexibility index (Phi) is 3.52. The molecule has 2 rings (SSSR count). The second-order valence-corrected chi connectivity index (χ2v) is 3.44. The van der Waals surface area contributed by atoms with Crippen LogP contribution in [-0.2, 0) is 0 Å². The van der Waals surface area contributed by atoms with Crippen LogP contribution in [0.1, 0.15) is 0 Å². The van der Waals surface area contributed by atoms with Crippen molar-refractivity contribution >= 4 is 23.5 Å². The zero-order chi connectivity index (χ0) is 12.1. The van der Waals surface area contributed by atoms with E-state index in [9.17, 15) is 4.79 Å². The van der Waals surface area contributed by atoms with Gasteiger partial charge >= 0.3 is 6.09 Å². The molecule has 5 nitrogen and oxygen atoms in total. The normalized spacial score (nSPS) is 9.71. The number of aromatic nitrogens is 2. The van der Waals surface area contributed by atoms with E-state index in [4.69, 9.17) is 16.3 Å². The van der Waals surface area contributed by atoms with E-state index < -0.39 is 6.09 Å². The zero-order valence-corrected chi connectivity index (χ0v) is 9.39. The van der Waals surface area contributed by atoms with Crippen LogP contribution in [0.5, 0.6) is 5.75 Å². The van der Waals surface area contributed by atoms with Gasteiger partial charge in [-0.15, -0.1) is 0 Å². The number of hydrogen-bond acceptors (Lipinski definition) is 4. The van der Waals surface area contributed by atoms with E-state index in [1.807, 2.05) is 6.07 Å². The Bertz CT molecular complexity index is 519. The zero-order valence-electron chi connectivity index (χ0n) is 8.63. The van der Waals surface area contributed by atoms with Gasteiger partial charge in [-0.3, -0.25) is 10.3 Å². The Hall–Kier alpha value is -2.14. The monoisotopic (exact) mass is 249 g/mol. The first-order valence-electron chi connectivity index (χ1n) is 4.75.